The van der Waals surface area contributed by atoms with Gasteiger partial charge in [-0.1, -0.05) is 29.8 Å². The number of nitrogens with one attached hydrogen (secondary N) is 1. The Morgan fingerprint density at radius 2 is 2.06 bits per heavy atom. The molecule has 0 saturated heterocycles. The minimum absolute atomic E-state index is 0.752. The molecular weight excluding hydrogens is 234 g/mol. The van der Waals surface area contributed by atoms with Crippen molar-refractivity contribution in [1.29, 1.82) is 0 Å². The third kappa shape index (κ3) is 2.21. The zero-order chi connectivity index (χ0) is 12.4. The highest BCUT2D eigenvalue weighted by Gasteiger charge is 2.14. The van der Waals surface area contributed by atoms with Gasteiger partial charge in [0.2, 0.25) is 0 Å². The average molecular weight is 250 g/mol. The van der Waals surface area contributed by atoms with Crippen molar-refractivity contribution in [3.05, 3.63) is 40.8 Å². The van der Waals surface area contributed by atoms with Crippen molar-refractivity contribution in [2.75, 3.05) is 7.05 Å². The predicted octanol–water partition coefficient (Wildman–Crippen LogP) is 2.77. The average Bonchev–Trinajstić information content (AvgIpc) is 2.57. The maximum absolute atomic E-state index is 6.23. The van der Waals surface area contributed by atoms with E-state index in [2.05, 4.69) is 14.9 Å². The van der Waals surface area contributed by atoms with E-state index in [1.807, 2.05) is 45.3 Å². The minimum Gasteiger partial charge on any atom is -0.330 e. The van der Waals surface area contributed by atoms with Crippen LogP contribution in [0.1, 0.15) is 11.5 Å². The summed E-state index contributed by atoms with van der Waals surface area (Å²) in [6, 6.07) is 7.86. The van der Waals surface area contributed by atoms with E-state index in [0.29, 0.717) is 0 Å². The van der Waals surface area contributed by atoms with Crippen LogP contribution in [-0.2, 0) is 13.6 Å². The largest absolute Gasteiger partial charge is 0.330 e. The molecule has 0 unspecified atom stereocenters. The van der Waals surface area contributed by atoms with Crippen LogP contribution in [0, 0.1) is 6.92 Å². The van der Waals surface area contributed by atoms with Gasteiger partial charge in [-0.25, -0.2) is 4.98 Å². The molecule has 0 saturated carbocycles. The Morgan fingerprint density at radius 3 is 2.71 bits per heavy atom. The second-order valence-electron chi connectivity index (χ2n) is 4.03. The van der Waals surface area contributed by atoms with Crippen molar-refractivity contribution in [3.8, 4) is 11.3 Å². The highest BCUT2D eigenvalue weighted by atomic mass is 35.5. The Hall–Kier alpha value is -1.32. The SMILES string of the molecule is CNCc1nc(C)c(-c2ccccc2Cl)n1C. The smallest absolute Gasteiger partial charge is 0.123 e. The molecule has 2 aromatic rings. The van der Waals surface area contributed by atoms with Gasteiger partial charge < -0.3 is 9.88 Å². The molecule has 0 bridgehead atoms. The van der Waals surface area contributed by atoms with Crippen molar-refractivity contribution in [1.82, 2.24) is 14.9 Å². The molecule has 0 amide bonds. The summed E-state index contributed by atoms with van der Waals surface area (Å²) in [5.74, 6) is 1.01. The molecule has 1 heterocycles. The van der Waals surface area contributed by atoms with Crippen molar-refractivity contribution in [3.63, 3.8) is 0 Å². The lowest BCUT2D eigenvalue weighted by Gasteiger charge is -2.08. The number of aryl methyl sites for hydroxylation is 1. The van der Waals surface area contributed by atoms with Crippen molar-refractivity contribution in [2.45, 2.75) is 13.5 Å². The zero-order valence-corrected chi connectivity index (χ0v) is 11.0. The first-order chi connectivity index (χ1) is 8.15. The van der Waals surface area contributed by atoms with E-state index >= 15 is 0 Å². The first-order valence-electron chi connectivity index (χ1n) is 5.57. The Morgan fingerprint density at radius 1 is 1.35 bits per heavy atom. The molecule has 0 fully saturated rings. The van der Waals surface area contributed by atoms with Gasteiger partial charge in [-0.05, 0) is 20.0 Å². The number of hydrogen-bond donors (Lipinski definition) is 1. The van der Waals surface area contributed by atoms with Crippen LogP contribution in [0.4, 0.5) is 0 Å². The lowest BCUT2D eigenvalue weighted by molar-refractivity contribution is 0.712. The summed E-state index contributed by atoms with van der Waals surface area (Å²) in [5, 5.41) is 3.87. The van der Waals surface area contributed by atoms with Gasteiger partial charge in [0.05, 0.1) is 17.9 Å². The molecule has 0 spiro atoms. The van der Waals surface area contributed by atoms with Gasteiger partial charge in [-0.2, -0.15) is 0 Å². The van der Waals surface area contributed by atoms with Gasteiger partial charge >= 0.3 is 0 Å². The third-order valence-electron chi connectivity index (χ3n) is 2.83. The van der Waals surface area contributed by atoms with Crippen LogP contribution in [0.3, 0.4) is 0 Å². The van der Waals surface area contributed by atoms with E-state index in [9.17, 15) is 0 Å². The number of rotatable bonds is 3. The van der Waals surface area contributed by atoms with E-state index in [1.54, 1.807) is 0 Å². The van der Waals surface area contributed by atoms with E-state index in [4.69, 9.17) is 11.6 Å². The maximum Gasteiger partial charge on any atom is 0.123 e. The number of benzene rings is 1. The fraction of sp³-hybridized carbons (Fsp3) is 0.308. The van der Waals surface area contributed by atoms with E-state index in [1.165, 1.54) is 0 Å². The van der Waals surface area contributed by atoms with Crippen LogP contribution >= 0.6 is 11.6 Å². The Kier molecular flexibility index (Phi) is 3.50. The van der Waals surface area contributed by atoms with Gasteiger partial charge in [0.25, 0.3) is 0 Å². The Balaban J connectivity index is 2.56. The van der Waals surface area contributed by atoms with Crippen LogP contribution in [0.25, 0.3) is 11.3 Å². The molecule has 0 aliphatic heterocycles. The van der Waals surface area contributed by atoms with Crippen LogP contribution in [0.15, 0.2) is 24.3 Å². The summed E-state index contributed by atoms with van der Waals surface area (Å²) >= 11 is 6.23. The molecule has 17 heavy (non-hydrogen) atoms. The molecule has 1 aromatic heterocycles. The molecule has 2 rings (SSSR count). The van der Waals surface area contributed by atoms with Crippen LogP contribution < -0.4 is 5.32 Å². The van der Waals surface area contributed by atoms with Gasteiger partial charge in [0.15, 0.2) is 0 Å². The molecule has 0 atom stereocenters. The van der Waals surface area contributed by atoms with E-state index in [-0.39, 0.29) is 0 Å². The summed E-state index contributed by atoms with van der Waals surface area (Å²) in [5.41, 5.74) is 3.12. The van der Waals surface area contributed by atoms with Crippen LogP contribution in [0.2, 0.25) is 5.02 Å². The lowest BCUT2D eigenvalue weighted by Crippen LogP contribution is -2.10. The number of halogens is 1. The van der Waals surface area contributed by atoms with Gasteiger partial charge in [0.1, 0.15) is 5.82 Å². The van der Waals surface area contributed by atoms with Crippen LogP contribution in [-0.4, -0.2) is 16.6 Å². The summed E-state index contributed by atoms with van der Waals surface area (Å²) in [6.45, 7) is 2.76. The summed E-state index contributed by atoms with van der Waals surface area (Å²) in [4.78, 5) is 4.56. The molecule has 4 heteroatoms. The van der Waals surface area contributed by atoms with Gasteiger partial charge in [0, 0.05) is 17.6 Å². The van der Waals surface area contributed by atoms with E-state index in [0.717, 1.165) is 34.3 Å². The summed E-state index contributed by atoms with van der Waals surface area (Å²) in [7, 11) is 3.94. The van der Waals surface area contributed by atoms with E-state index < -0.39 is 0 Å². The number of hydrogen-bond acceptors (Lipinski definition) is 2. The second-order valence-corrected chi connectivity index (χ2v) is 4.44. The lowest BCUT2D eigenvalue weighted by atomic mass is 10.1. The standard InChI is InChI=1S/C13H16ClN3/c1-9-13(10-6-4-5-7-11(10)14)17(3)12(16-9)8-15-2/h4-7,15H,8H2,1-3H3. The van der Waals surface area contributed by atoms with Crippen molar-refractivity contribution < 1.29 is 0 Å². The molecule has 0 aliphatic rings. The molecule has 0 aliphatic carbocycles. The summed E-state index contributed by atoms with van der Waals surface area (Å²) < 4.78 is 2.09. The normalized spacial score (nSPS) is 10.8. The number of nitrogens with zero attached hydrogens (tertiary/aromatic N) is 2. The maximum atomic E-state index is 6.23. The zero-order valence-electron chi connectivity index (χ0n) is 10.3. The molecule has 1 aromatic carbocycles. The second kappa shape index (κ2) is 4.90. The van der Waals surface area contributed by atoms with Gasteiger partial charge in [-0.15, -0.1) is 0 Å². The predicted molar refractivity (Wildman–Crippen MR) is 71.2 cm³/mol. The van der Waals surface area contributed by atoms with Crippen molar-refractivity contribution in [2.24, 2.45) is 7.05 Å². The highest BCUT2D eigenvalue weighted by Crippen LogP contribution is 2.30. The quantitative estimate of drug-likeness (QED) is 0.907. The number of aromatic nitrogens is 2. The summed E-state index contributed by atoms with van der Waals surface area (Å²) in [6.07, 6.45) is 0. The molecule has 1 N–H and O–H groups in total. The monoisotopic (exact) mass is 249 g/mol. The van der Waals surface area contributed by atoms with Crippen molar-refractivity contribution >= 4 is 11.6 Å². The molecule has 3 nitrogen and oxygen atoms in total. The number of imidazole rings is 1. The third-order valence-corrected chi connectivity index (χ3v) is 3.16. The minimum atomic E-state index is 0.752. The first kappa shape index (κ1) is 12.1. The molecule has 90 valence electrons. The fourth-order valence-electron chi connectivity index (χ4n) is 2.04. The van der Waals surface area contributed by atoms with Gasteiger partial charge in [-0.3, -0.25) is 0 Å². The topological polar surface area (TPSA) is 29.9 Å². The fourth-order valence-corrected chi connectivity index (χ4v) is 2.26. The Labute approximate surface area is 106 Å². The van der Waals surface area contributed by atoms with Crippen LogP contribution in [0.5, 0.6) is 0 Å². The highest BCUT2D eigenvalue weighted by molar-refractivity contribution is 6.33. The first-order valence-corrected chi connectivity index (χ1v) is 5.94. The molecule has 0 radical (unpaired) electrons. The molecular formula is C13H16ClN3. The Bertz CT molecular complexity index is 531.